The molecular formula is C8H9N3S. The van der Waals surface area contributed by atoms with Crippen molar-refractivity contribution in [1.82, 2.24) is 9.97 Å². The van der Waals surface area contributed by atoms with Crippen LogP contribution < -0.4 is 5.32 Å². The van der Waals surface area contributed by atoms with Gasteiger partial charge in [0.25, 0.3) is 0 Å². The molecule has 0 unspecified atom stereocenters. The number of nitrogens with one attached hydrogen (secondary N) is 2. The number of H-pyrrole nitrogens is 1. The minimum absolute atomic E-state index is 0.830. The molecule has 0 spiro atoms. The summed E-state index contributed by atoms with van der Waals surface area (Å²) < 4.78 is 0. The van der Waals surface area contributed by atoms with Gasteiger partial charge in [-0.3, -0.25) is 0 Å². The third kappa shape index (κ3) is 1.65. The Bertz CT molecular complexity index is 278. The van der Waals surface area contributed by atoms with E-state index in [9.17, 15) is 0 Å². The van der Waals surface area contributed by atoms with E-state index in [2.05, 4.69) is 15.3 Å². The van der Waals surface area contributed by atoms with E-state index in [4.69, 9.17) is 0 Å². The number of rotatable bonds is 3. The summed E-state index contributed by atoms with van der Waals surface area (Å²) in [7, 11) is 0. The first kappa shape index (κ1) is 7.36. The number of nitrogens with zero attached hydrogens (tertiary/aromatic N) is 1. The largest absolute Gasteiger partial charge is 0.367 e. The minimum Gasteiger partial charge on any atom is -0.367 e. The molecule has 0 bridgehead atoms. The third-order valence-electron chi connectivity index (χ3n) is 1.54. The molecule has 0 aliphatic rings. The lowest BCUT2D eigenvalue weighted by Gasteiger charge is -1.97. The number of hydrogen-bond acceptors (Lipinski definition) is 3. The van der Waals surface area contributed by atoms with Gasteiger partial charge in [-0.15, -0.1) is 11.3 Å². The Morgan fingerprint density at radius 2 is 2.58 bits per heavy atom. The van der Waals surface area contributed by atoms with E-state index in [0.29, 0.717) is 0 Å². The highest BCUT2D eigenvalue weighted by Gasteiger charge is 1.94. The molecule has 0 saturated carbocycles. The zero-order chi connectivity index (χ0) is 8.23. The second-order valence-electron chi connectivity index (χ2n) is 2.41. The number of aromatic nitrogens is 2. The number of aromatic amines is 1. The van der Waals surface area contributed by atoms with Gasteiger partial charge in [-0.25, -0.2) is 4.98 Å². The maximum atomic E-state index is 4.11. The molecule has 0 amide bonds. The SMILES string of the molecule is c1csc(NCc2cc[nH]c2)n1. The van der Waals surface area contributed by atoms with Gasteiger partial charge in [0.2, 0.25) is 0 Å². The van der Waals surface area contributed by atoms with Crippen LogP contribution in [0.5, 0.6) is 0 Å². The van der Waals surface area contributed by atoms with E-state index >= 15 is 0 Å². The van der Waals surface area contributed by atoms with Crippen molar-refractivity contribution in [3.8, 4) is 0 Å². The molecule has 12 heavy (non-hydrogen) atoms. The first-order valence-corrected chi connectivity index (χ1v) is 4.58. The van der Waals surface area contributed by atoms with E-state index in [1.165, 1.54) is 5.56 Å². The summed E-state index contributed by atoms with van der Waals surface area (Å²) in [6, 6.07) is 2.04. The average Bonchev–Trinajstić information content (AvgIpc) is 2.74. The van der Waals surface area contributed by atoms with Crippen LogP contribution in [-0.4, -0.2) is 9.97 Å². The monoisotopic (exact) mass is 179 g/mol. The van der Waals surface area contributed by atoms with Gasteiger partial charge in [0.1, 0.15) is 0 Å². The van der Waals surface area contributed by atoms with Crippen molar-refractivity contribution in [2.24, 2.45) is 0 Å². The van der Waals surface area contributed by atoms with Crippen LogP contribution in [0.25, 0.3) is 0 Å². The summed E-state index contributed by atoms with van der Waals surface area (Å²) in [6.07, 6.45) is 5.68. The Morgan fingerprint density at radius 1 is 1.58 bits per heavy atom. The van der Waals surface area contributed by atoms with Crippen molar-refractivity contribution in [3.05, 3.63) is 35.6 Å². The topological polar surface area (TPSA) is 40.7 Å². The maximum Gasteiger partial charge on any atom is 0.182 e. The van der Waals surface area contributed by atoms with Gasteiger partial charge in [0, 0.05) is 30.5 Å². The molecule has 3 nitrogen and oxygen atoms in total. The lowest BCUT2D eigenvalue weighted by molar-refractivity contribution is 1.14. The molecule has 0 aliphatic carbocycles. The molecule has 0 saturated heterocycles. The van der Waals surface area contributed by atoms with Crippen LogP contribution in [0.1, 0.15) is 5.56 Å². The van der Waals surface area contributed by atoms with Gasteiger partial charge in [0.05, 0.1) is 0 Å². The predicted octanol–water partition coefficient (Wildman–Crippen LogP) is 2.08. The Morgan fingerprint density at radius 3 is 3.25 bits per heavy atom. The molecule has 0 fully saturated rings. The van der Waals surface area contributed by atoms with Crippen molar-refractivity contribution in [3.63, 3.8) is 0 Å². The standard InChI is InChI=1S/C8H9N3S/c1-2-9-5-7(1)6-11-8-10-3-4-12-8/h1-5,9H,6H2,(H,10,11). The second kappa shape index (κ2) is 3.40. The van der Waals surface area contributed by atoms with Crippen molar-refractivity contribution in [2.75, 3.05) is 5.32 Å². The van der Waals surface area contributed by atoms with Gasteiger partial charge < -0.3 is 10.3 Å². The summed E-state index contributed by atoms with van der Waals surface area (Å²) >= 11 is 1.61. The van der Waals surface area contributed by atoms with Crippen molar-refractivity contribution >= 4 is 16.5 Å². The third-order valence-corrected chi connectivity index (χ3v) is 2.27. The molecule has 0 atom stereocenters. The molecule has 0 aromatic carbocycles. The highest BCUT2D eigenvalue weighted by Crippen LogP contribution is 2.11. The summed E-state index contributed by atoms with van der Waals surface area (Å²) in [5.74, 6) is 0. The lowest BCUT2D eigenvalue weighted by Crippen LogP contribution is -1.96. The van der Waals surface area contributed by atoms with Crippen LogP contribution in [0.3, 0.4) is 0 Å². The second-order valence-corrected chi connectivity index (χ2v) is 3.30. The first-order chi connectivity index (χ1) is 5.95. The Labute approximate surface area is 74.5 Å². The van der Waals surface area contributed by atoms with Crippen LogP contribution in [0.4, 0.5) is 5.13 Å². The zero-order valence-corrected chi connectivity index (χ0v) is 7.27. The fourth-order valence-corrected chi connectivity index (χ4v) is 1.48. The van der Waals surface area contributed by atoms with E-state index in [0.717, 1.165) is 11.7 Å². The first-order valence-electron chi connectivity index (χ1n) is 3.70. The van der Waals surface area contributed by atoms with E-state index in [1.54, 1.807) is 17.5 Å². The summed E-state index contributed by atoms with van der Waals surface area (Å²) in [5, 5.41) is 6.14. The Balaban J connectivity index is 1.91. The molecule has 2 N–H and O–H groups in total. The number of anilines is 1. The fourth-order valence-electron chi connectivity index (χ4n) is 0.957. The summed E-state index contributed by atoms with van der Waals surface area (Å²) in [6.45, 7) is 0.830. The van der Waals surface area contributed by atoms with E-state index in [-0.39, 0.29) is 0 Å². The van der Waals surface area contributed by atoms with Crippen molar-refractivity contribution in [2.45, 2.75) is 6.54 Å². The molecule has 62 valence electrons. The van der Waals surface area contributed by atoms with Crippen LogP contribution in [0.2, 0.25) is 0 Å². The molecule has 0 radical (unpaired) electrons. The Kier molecular flexibility index (Phi) is 2.09. The van der Waals surface area contributed by atoms with E-state index < -0.39 is 0 Å². The average molecular weight is 179 g/mol. The van der Waals surface area contributed by atoms with Crippen LogP contribution in [0.15, 0.2) is 30.0 Å². The smallest absolute Gasteiger partial charge is 0.182 e. The molecule has 4 heteroatoms. The highest BCUT2D eigenvalue weighted by atomic mass is 32.1. The normalized spacial score (nSPS) is 10.0. The van der Waals surface area contributed by atoms with Crippen molar-refractivity contribution in [1.29, 1.82) is 0 Å². The van der Waals surface area contributed by atoms with Gasteiger partial charge in [-0.2, -0.15) is 0 Å². The van der Waals surface area contributed by atoms with Crippen molar-refractivity contribution < 1.29 is 0 Å². The lowest BCUT2D eigenvalue weighted by atomic mass is 10.3. The molecule has 2 aromatic heterocycles. The quantitative estimate of drug-likeness (QED) is 0.757. The summed E-state index contributed by atoms with van der Waals surface area (Å²) in [5.41, 5.74) is 1.24. The Hall–Kier alpha value is -1.29. The van der Waals surface area contributed by atoms with Crippen LogP contribution in [-0.2, 0) is 6.54 Å². The van der Waals surface area contributed by atoms with E-state index in [1.807, 2.05) is 23.8 Å². The minimum atomic E-state index is 0.830. The number of thiazole rings is 1. The molecule has 0 aliphatic heterocycles. The molecule has 2 rings (SSSR count). The maximum absolute atomic E-state index is 4.11. The zero-order valence-electron chi connectivity index (χ0n) is 6.45. The predicted molar refractivity (Wildman–Crippen MR) is 50.2 cm³/mol. The van der Waals surface area contributed by atoms with Gasteiger partial charge >= 0.3 is 0 Å². The van der Waals surface area contributed by atoms with Crippen LogP contribution in [0, 0.1) is 0 Å². The fraction of sp³-hybridized carbons (Fsp3) is 0.125. The highest BCUT2D eigenvalue weighted by molar-refractivity contribution is 7.13. The summed E-state index contributed by atoms with van der Waals surface area (Å²) in [4.78, 5) is 7.12. The molecular weight excluding hydrogens is 170 g/mol. The van der Waals surface area contributed by atoms with Gasteiger partial charge in [-0.1, -0.05) is 0 Å². The van der Waals surface area contributed by atoms with Gasteiger partial charge in [-0.05, 0) is 11.6 Å². The molecule has 2 heterocycles. The van der Waals surface area contributed by atoms with Gasteiger partial charge in [0.15, 0.2) is 5.13 Å². The van der Waals surface area contributed by atoms with Crippen LogP contribution >= 0.6 is 11.3 Å². The molecule has 2 aromatic rings. The number of hydrogen-bond donors (Lipinski definition) is 2.